The number of rotatable bonds is 4. The van der Waals surface area contributed by atoms with Crippen molar-refractivity contribution in [2.45, 2.75) is 30.2 Å². The molecular formula is C14H14F3N3S2. The van der Waals surface area contributed by atoms with E-state index < -0.39 is 5.51 Å². The van der Waals surface area contributed by atoms with Gasteiger partial charge in [0, 0.05) is 21.5 Å². The molecular weight excluding hydrogens is 331 g/mol. The van der Waals surface area contributed by atoms with Gasteiger partial charge in [0.2, 0.25) is 5.13 Å². The number of aliphatic imine (C=N–C) groups is 1. The Morgan fingerprint density at radius 3 is 2.68 bits per heavy atom. The molecule has 0 spiro atoms. The summed E-state index contributed by atoms with van der Waals surface area (Å²) in [6.07, 6.45) is 1.73. The molecule has 0 saturated carbocycles. The first-order valence-electron chi connectivity index (χ1n) is 6.40. The number of alkyl halides is 3. The monoisotopic (exact) mass is 345 g/mol. The Bertz CT molecular complexity index is 678. The first kappa shape index (κ1) is 16.8. The van der Waals surface area contributed by atoms with Crippen molar-refractivity contribution in [3.63, 3.8) is 0 Å². The number of nitrogens with zero attached hydrogens (tertiary/aromatic N) is 2. The van der Waals surface area contributed by atoms with Gasteiger partial charge in [-0.2, -0.15) is 13.2 Å². The van der Waals surface area contributed by atoms with E-state index in [0.29, 0.717) is 16.6 Å². The Morgan fingerprint density at radius 2 is 2.09 bits per heavy atom. The molecule has 0 saturated heterocycles. The lowest BCUT2D eigenvalue weighted by atomic mass is 10.2. The fourth-order valence-corrected chi connectivity index (χ4v) is 3.02. The van der Waals surface area contributed by atoms with Crippen LogP contribution in [0.2, 0.25) is 0 Å². The van der Waals surface area contributed by atoms with E-state index in [1.54, 1.807) is 12.3 Å². The second-order valence-electron chi connectivity index (χ2n) is 4.77. The number of aromatic nitrogens is 1. The topological polar surface area (TPSA) is 51.3 Å². The molecule has 118 valence electrons. The third kappa shape index (κ3) is 4.74. The number of benzene rings is 1. The van der Waals surface area contributed by atoms with Crippen LogP contribution in [0.15, 0.2) is 40.4 Å². The second kappa shape index (κ2) is 6.70. The molecule has 2 aromatic rings. The van der Waals surface area contributed by atoms with Crippen molar-refractivity contribution < 1.29 is 13.2 Å². The van der Waals surface area contributed by atoms with E-state index in [1.165, 1.54) is 29.5 Å². The Morgan fingerprint density at radius 1 is 1.36 bits per heavy atom. The molecule has 2 rings (SSSR count). The summed E-state index contributed by atoms with van der Waals surface area (Å²) in [5.74, 6) is 0.489. The minimum absolute atomic E-state index is 0.0742. The fourth-order valence-electron chi connectivity index (χ4n) is 1.62. The molecule has 0 bridgehead atoms. The molecule has 0 fully saturated rings. The normalized spacial score (nSPS) is 12.9. The number of thiazole rings is 1. The molecule has 0 aliphatic carbocycles. The highest BCUT2D eigenvalue weighted by atomic mass is 32.2. The van der Waals surface area contributed by atoms with Crippen LogP contribution < -0.4 is 5.73 Å². The van der Waals surface area contributed by atoms with Crippen molar-refractivity contribution in [1.82, 2.24) is 4.98 Å². The van der Waals surface area contributed by atoms with Gasteiger partial charge in [0.05, 0.1) is 0 Å². The number of halogens is 3. The molecule has 0 aliphatic rings. The van der Waals surface area contributed by atoms with Crippen molar-refractivity contribution in [3.05, 3.63) is 40.9 Å². The molecule has 0 atom stereocenters. The zero-order valence-corrected chi connectivity index (χ0v) is 13.5. The molecule has 0 radical (unpaired) electrons. The maximum atomic E-state index is 12.4. The van der Waals surface area contributed by atoms with E-state index in [1.807, 2.05) is 13.8 Å². The second-order valence-corrected chi connectivity index (χ2v) is 6.95. The predicted octanol–water partition coefficient (Wildman–Crippen LogP) is 4.92. The number of hydrogen-bond acceptors (Lipinski definition) is 4. The smallest absolute Gasteiger partial charge is 0.383 e. The van der Waals surface area contributed by atoms with E-state index in [9.17, 15) is 13.2 Å². The highest BCUT2D eigenvalue weighted by Gasteiger charge is 2.29. The third-order valence-corrected chi connectivity index (χ3v) is 4.57. The molecule has 0 amide bonds. The minimum atomic E-state index is -4.33. The van der Waals surface area contributed by atoms with Crippen LogP contribution >= 0.6 is 23.1 Å². The molecule has 3 nitrogen and oxygen atoms in total. The summed E-state index contributed by atoms with van der Waals surface area (Å²) in [5.41, 5.74) is 1.98. The van der Waals surface area contributed by atoms with Crippen LogP contribution in [0, 0.1) is 0 Å². The van der Waals surface area contributed by atoms with Gasteiger partial charge in [-0.1, -0.05) is 37.3 Å². The molecule has 0 unspecified atom stereocenters. The first-order valence-corrected chi connectivity index (χ1v) is 8.04. The van der Waals surface area contributed by atoms with Crippen LogP contribution in [0.1, 0.15) is 30.2 Å². The number of amidine groups is 1. The van der Waals surface area contributed by atoms with Crippen molar-refractivity contribution in [1.29, 1.82) is 0 Å². The minimum Gasteiger partial charge on any atom is -0.383 e. The van der Waals surface area contributed by atoms with Gasteiger partial charge in [-0.15, -0.1) is 0 Å². The van der Waals surface area contributed by atoms with Crippen molar-refractivity contribution in [2.24, 2.45) is 10.7 Å². The zero-order chi connectivity index (χ0) is 16.3. The van der Waals surface area contributed by atoms with E-state index in [2.05, 4.69) is 9.98 Å². The Labute approximate surface area is 134 Å². The molecule has 1 aromatic heterocycles. The average Bonchev–Trinajstić information content (AvgIpc) is 2.85. The number of hydrogen-bond donors (Lipinski definition) is 1. The average molecular weight is 345 g/mol. The summed E-state index contributed by atoms with van der Waals surface area (Å²) in [6, 6.07) is 5.90. The maximum absolute atomic E-state index is 12.4. The summed E-state index contributed by atoms with van der Waals surface area (Å²) >= 11 is 1.24. The number of nitrogens with two attached hydrogens (primary N) is 1. The summed E-state index contributed by atoms with van der Waals surface area (Å²) in [6.45, 7) is 4.09. The molecule has 8 heteroatoms. The summed E-state index contributed by atoms with van der Waals surface area (Å²) in [7, 11) is 0. The van der Waals surface area contributed by atoms with Crippen LogP contribution in [0.4, 0.5) is 18.3 Å². The molecule has 22 heavy (non-hydrogen) atoms. The summed E-state index contributed by atoms with van der Waals surface area (Å²) in [5, 5.41) is 0.495. The van der Waals surface area contributed by atoms with Crippen LogP contribution in [-0.2, 0) is 0 Å². The van der Waals surface area contributed by atoms with Crippen LogP contribution in [0.5, 0.6) is 0 Å². The van der Waals surface area contributed by atoms with Crippen LogP contribution in [0.3, 0.4) is 0 Å². The quantitative estimate of drug-likeness (QED) is 0.486. The van der Waals surface area contributed by atoms with E-state index in [0.717, 1.165) is 4.88 Å². The Balaban J connectivity index is 2.22. The fraction of sp³-hybridized carbons (Fsp3) is 0.286. The van der Waals surface area contributed by atoms with Gasteiger partial charge in [0.25, 0.3) is 0 Å². The van der Waals surface area contributed by atoms with Crippen LogP contribution in [-0.4, -0.2) is 16.3 Å². The Hall–Kier alpha value is -1.54. The van der Waals surface area contributed by atoms with Gasteiger partial charge >= 0.3 is 5.51 Å². The summed E-state index contributed by atoms with van der Waals surface area (Å²) < 4.78 is 37.2. The molecule has 1 aromatic carbocycles. The lowest BCUT2D eigenvalue weighted by Gasteiger charge is -2.07. The SMILES string of the molecule is CC(C)c1cnc(N=C(N)c2cccc(SC(F)(F)F)c2)s1. The van der Waals surface area contributed by atoms with Gasteiger partial charge in [-0.3, -0.25) is 0 Å². The molecule has 0 aliphatic heterocycles. The van der Waals surface area contributed by atoms with Crippen molar-refractivity contribution in [3.8, 4) is 0 Å². The third-order valence-electron chi connectivity index (χ3n) is 2.66. The van der Waals surface area contributed by atoms with E-state index in [-0.39, 0.29) is 22.5 Å². The standard InChI is InChI=1S/C14H14F3N3S2/c1-8(2)11-7-19-13(21-11)20-12(18)9-4-3-5-10(6-9)22-14(15,16)17/h3-8H,1-2H3,(H2,18,19,20). The number of thioether (sulfide) groups is 1. The van der Waals surface area contributed by atoms with Gasteiger partial charge in [0.15, 0.2) is 0 Å². The highest BCUT2D eigenvalue weighted by molar-refractivity contribution is 8.00. The van der Waals surface area contributed by atoms with Crippen LogP contribution in [0.25, 0.3) is 0 Å². The predicted molar refractivity (Wildman–Crippen MR) is 84.9 cm³/mol. The Kier molecular flexibility index (Phi) is 5.12. The van der Waals surface area contributed by atoms with Crippen molar-refractivity contribution in [2.75, 3.05) is 0 Å². The first-order chi connectivity index (χ1) is 10.2. The van der Waals surface area contributed by atoms with Gasteiger partial charge in [0.1, 0.15) is 5.84 Å². The lowest BCUT2D eigenvalue weighted by Crippen LogP contribution is -2.12. The van der Waals surface area contributed by atoms with E-state index in [4.69, 9.17) is 5.73 Å². The van der Waals surface area contributed by atoms with Gasteiger partial charge in [-0.25, -0.2) is 9.98 Å². The van der Waals surface area contributed by atoms with E-state index >= 15 is 0 Å². The largest absolute Gasteiger partial charge is 0.446 e. The highest BCUT2D eigenvalue weighted by Crippen LogP contribution is 2.37. The lowest BCUT2D eigenvalue weighted by molar-refractivity contribution is -0.0328. The van der Waals surface area contributed by atoms with Gasteiger partial charge < -0.3 is 5.73 Å². The zero-order valence-electron chi connectivity index (χ0n) is 11.9. The van der Waals surface area contributed by atoms with Crippen molar-refractivity contribution >= 4 is 34.1 Å². The maximum Gasteiger partial charge on any atom is 0.446 e. The van der Waals surface area contributed by atoms with Gasteiger partial charge in [-0.05, 0) is 29.8 Å². The molecule has 2 N–H and O–H groups in total. The summed E-state index contributed by atoms with van der Waals surface area (Å²) in [4.78, 5) is 9.48. The molecule has 1 heterocycles.